The summed E-state index contributed by atoms with van der Waals surface area (Å²) in [6.07, 6.45) is 3.79. The van der Waals surface area contributed by atoms with E-state index >= 15 is 0 Å². The molecule has 1 N–H and O–H groups in total. The van der Waals surface area contributed by atoms with E-state index in [9.17, 15) is 0 Å². The molecule has 1 aromatic rings. The summed E-state index contributed by atoms with van der Waals surface area (Å²) in [5, 5.41) is 3.41. The second-order valence-electron chi connectivity index (χ2n) is 4.79. The average Bonchev–Trinajstić information content (AvgIpc) is 3.21. The highest BCUT2D eigenvalue weighted by molar-refractivity contribution is 5.39. The highest BCUT2D eigenvalue weighted by Gasteiger charge is 2.19. The Morgan fingerprint density at radius 2 is 1.78 bits per heavy atom. The van der Waals surface area contributed by atoms with Crippen LogP contribution < -0.4 is 14.8 Å². The SMILES string of the molecule is CCCOc1ccccc1OCCNCC1CC1. The van der Waals surface area contributed by atoms with Crippen LogP contribution in [0.1, 0.15) is 26.2 Å². The van der Waals surface area contributed by atoms with Crippen molar-refractivity contribution in [3.05, 3.63) is 24.3 Å². The van der Waals surface area contributed by atoms with Crippen molar-refractivity contribution in [1.29, 1.82) is 0 Å². The van der Waals surface area contributed by atoms with Gasteiger partial charge in [0.15, 0.2) is 11.5 Å². The van der Waals surface area contributed by atoms with E-state index in [1.165, 1.54) is 12.8 Å². The lowest BCUT2D eigenvalue weighted by atomic mass is 10.3. The monoisotopic (exact) mass is 249 g/mol. The number of nitrogens with one attached hydrogen (secondary N) is 1. The molecule has 0 unspecified atom stereocenters. The molecule has 0 radical (unpaired) electrons. The Bertz CT molecular complexity index is 350. The molecule has 3 heteroatoms. The molecule has 3 nitrogen and oxygen atoms in total. The van der Waals surface area contributed by atoms with Crippen molar-refractivity contribution in [2.75, 3.05) is 26.3 Å². The Morgan fingerprint density at radius 1 is 1.11 bits per heavy atom. The van der Waals surface area contributed by atoms with E-state index in [2.05, 4.69) is 12.2 Å². The smallest absolute Gasteiger partial charge is 0.161 e. The minimum absolute atomic E-state index is 0.694. The zero-order chi connectivity index (χ0) is 12.6. The quantitative estimate of drug-likeness (QED) is 0.683. The van der Waals surface area contributed by atoms with Crippen molar-refractivity contribution in [1.82, 2.24) is 5.32 Å². The molecular formula is C15H23NO2. The molecule has 0 atom stereocenters. The fourth-order valence-electron chi connectivity index (χ4n) is 1.76. The molecule has 100 valence electrons. The minimum atomic E-state index is 0.694. The number of hydrogen-bond donors (Lipinski definition) is 1. The summed E-state index contributed by atoms with van der Waals surface area (Å²) in [4.78, 5) is 0. The van der Waals surface area contributed by atoms with E-state index < -0.39 is 0 Å². The normalized spacial score (nSPS) is 14.5. The van der Waals surface area contributed by atoms with Crippen molar-refractivity contribution in [3.63, 3.8) is 0 Å². The summed E-state index contributed by atoms with van der Waals surface area (Å²) in [5.41, 5.74) is 0. The third-order valence-electron chi connectivity index (χ3n) is 2.98. The van der Waals surface area contributed by atoms with Gasteiger partial charge >= 0.3 is 0 Å². The number of rotatable bonds is 9. The second kappa shape index (κ2) is 7.27. The van der Waals surface area contributed by atoms with Gasteiger partial charge in [-0.2, -0.15) is 0 Å². The Morgan fingerprint density at radius 3 is 2.39 bits per heavy atom. The summed E-state index contributed by atoms with van der Waals surface area (Å²) in [5.74, 6) is 2.62. The highest BCUT2D eigenvalue weighted by Crippen LogP contribution is 2.28. The standard InChI is InChI=1S/C15H23NO2/c1-2-10-17-14-5-3-4-6-15(14)18-11-9-16-12-13-7-8-13/h3-6,13,16H,2,7-12H2,1H3. The maximum atomic E-state index is 5.75. The first kappa shape index (κ1) is 13.2. The van der Waals surface area contributed by atoms with E-state index in [1.807, 2.05) is 24.3 Å². The van der Waals surface area contributed by atoms with Crippen LogP contribution in [-0.2, 0) is 0 Å². The fourth-order valence-corrected chi connectivity index (χ4v) is 1.76. The molecule has 0 heterocycles. The van der Waals surface area contributed by atoms with Gasteiger partial charge < -0.3 is 14.8 Å². The van der Waals surface area contributed by atoms with Crippen LogP contribution in [0.15, 0.2) is 24.3 Å². The molecule has 1 aliphatic rings. The van der Waals surface area contributed by atoms with Crippen LogP contribution in [0.3, 0.4) is 0 Å². The van der Waals surface area contributed by atoms with Crippen molar-refractivity contribution in [3.8, 4) is 11.5 Å². The van der Waals surface area contributed by atoms with Gasteiger partial charge in [0.25, 0.3) is 0 Å². The maximum absolute atomic E-state index is 5.75. The van der Waals surface area contributed by atoms with Gasteiger partial charge in [-0.25, -0.2) is 0 Å². The Labute approximate surface area is 109 Å². The lowest BCUT2D eigenvalue weighted by molar-refractivity contribution is 0.267. The predicted molar refractivity (Wildman–Crippen MR) is 73.3 cm³/mol. The summed E-state index contributed by atoms with van der Waals surface area (Å²) in [6, 6.07) is 7.88. The molecule has 2 rings (SSSR count). The summed E-state index contributed by atoms with van der Waals surface area (Å²) in [7, 11) is 0. The number of benzene rings is 1. The zero-order valence-corrected chi connectivity index (χ0v) is 11.2. The van der Waals surface area contributed by atoms with Crippen molar-refractivity contribution in [2.24, 2.45) is 5.92 Å². The van der Waals surface area contributed by atoms with Gasteiger partial charge in [0, 0.05) is 6.54 Å². The summed E-state index contributed by atoms with van der Waals surface area (Å²) >= 11 is 0. The third-order valence-corrected chi connectivity index (χ3v) is 2.98. The molecule has 18 heavy (non-hydrogen) atoms. The van der Waals surface area contributed by atoms with E-state index in [1.54, 1.807) is 0 Å². The molecule has 1 fully saturated rings. The first-order valence-electron chi connectivity index (χ1n) is 6.95. The topological polar surface area (TPSA) is 30.5 Å². The number of hydrogen-bond acceptors (Lipinski definition) is 3. The zero-order valence-electron chi connectivity index (χ0n) is 11.2. The van der Waals surface area contributed by atoms with Crippen LogP contribution in [0.25, 0.3) is 0 Å². The van der Waals surface area contributed by atoms with Crippen LogP contribution in [0.5, 0.6) is 11.5 Å². The van der Waals surface area contributed by atoms with Crippen molar-refractivity contribution in [2.45, 2.75) is 26.2 Å². The molecule has 0 bridgehead atoms. The molecule has 1 aliphatic carbocycles. The van der Waals surface area contributed by atoms with Gasteiger partial charge in [0.05, 0.1) is 6.61 Å². The lowest BCUT2D eigenvalue weighted by Crippen LogP contribution is -2.23. The van der Waals surface area contributed by atoms with Gasteiger partial charge in [-0.3, -0.25) is 0 Å². The molecule has 0 aromatic heterocycles. The Balaban J connectivity index is 1.69. The Hall–Kier alpha value is -1.22. The van der Waals surface area contributed by atoms with Crippen molar-refractivity contribution >= 4 is 0 Å². The van der Waals surface area contributed by atoms with E-state index in [4.69, 9.17) is 9.47 Å². The fraction of sp³-hybridized carbons (Fsp3) is 0.600. The second-order valence-corrected chi connectivity index (χ2v) is 4.79. The first-order valence-corrected chi connectivity index (χ1v) is 6.95. The van der Waals surface area contributed by atoms with Gasteiger partial charge in [-0.15, -0.1) is 0 Å². The summed E-state index contributed by atoms with van der Waals surface area (Å²) in [6.45, 7) is 5.57. The van der Waals surface area contributed by atoms with Gasteiger partial charge in [0.1, 0.15) is 6.61 Å². The van der Waals surface area contributed by atoms with E-state index in [-0.39, 0.29) is 0 Å². The third kappa shape index (κ3) is 4.57. The predicted octanol–water partition coefficient (Wildman–Crippen LogP) is 2.85. The van der Waals surface area contributed by atoms with E-state index in [0.717, 1.165) is 43.5 Å². The molecule has 0 spiro atoms. The van der Waals surface area contributed by atoms with Crippen LogP contribution in [0.2, 0.25) is 0 Å². The lowest BCUT2D eigenvalue weighted by Gasteiger charge is -2.12. The first-order chi connectivity index (χ1) is 8.90. The van der Waals surface area contributed by atoms with Crippen LogP contribution in [0.4, 0.5) is 0 Å². The average molecular weight is 249 g/mol. The molecule has 1 aromatic carbocycles. The van der Waals surface area contributed by atoms with E-state index in [0.29, 0.717) is 6.61 Å². The number of para-hydroxylation sites is 2. The summed E-state index contributed by atoms with van der Waals surface area (Å²) < 4.78 is 11.4. The number of ether oxygens (including phenoxy) is 2. The molecule has 1 saturated carbocycles. The molecule has 0 aliphatic heterocycles. The van der Waals surface area contributed by atoms with Crippen LogP contribution in [-0.4, -0.2) is 26.3 Å². The van der Waals surface area contributed by atoms with Crippen LogP contribution >= 0.6 is 0 Å². The van der Waals surface area contributed by atoms with Gasteiger partial charge in [-0.05, 0) is 43.9 Å². The van der Waals surface area contributed by atoms with Crippen molar-refractivity contribution < 1.29 is 9.47 Å². The van der Waals surface area contributed by atoms with Gasteiger partial charge in [0.2, 0.25) is 0 Å². The molecular weight excluding hydrogens is 226 g/mol. The minimum Gasteiger partial charge on any atom is -0.490 e. The molecule has 0 saturated heterocycles. The van der Waals surface area contributed by atoms with Gasteiger partial charge in [-0.1, -0.05) is 19.1 Å². The Kier molecular flexibility index (Phi) is 5.34. The molecule has 0 amide bonds. The van der Waals surface area contributed by atoms with Crippen LogP contribution in [0, 0.1) is 5.92 Å². The highest BCUT2D eigenvalue weighted by atomic mass is 16.5. The largest absolute Gasteiger partial charge is 0.490 e. The maximum Gasteiger partial charge on any atom is 0.161 e.